The highest BCUT2D eigenvalue weighted by atomic mass is 35.5. The molecule has 0 unspecified atom stereocenters. The van der Waals surface area contributed by atoms with Crippen LogP contribution in [0.1, 0.15) is 11.1 Å². The number of nitrogens with zero attached hydrogens (tertiary/aromatic N) is 2. The Hall–Kier alpha value is -3.16. The van der Waals surface area contributed by atoms with Crippen LogP contribution >= 0.6 is 23.4 Å². The third-order valence-corrected chi connectivity index (χ3v) is 8.96. The van der Waals surface area contributed by atoms with Crippen molar-refractivity contribution in [3.8, 4) is 5.75 Å². The zero-order valence-corrected chi connectivity index (χ0v) is 23.4. The van der Waals surface area contributed by atoms with Gasteiger partial charge in [0, 0.05) is 37.3 Å². The minimum Gasteiger partial charge on any atom is -0.495 e. The number of ether oxygens (including phenoxy) is 2. The van der Waals surface area contributed by atoms with Crippen molar-refractivity contribution in [2.24, 2.45) is 0 Å². The van der Waals surface area contributed by atoms with Gasteiger partial charge in [0.05, 0.1) is 25.2 Å². The van der Waals surface area contributed by atoms with Gasteiger partial charge < -0.3 is 14.8 Å². The number of carbonyl (C=O) groups is 3. The van der Waals surface area contributed by atoms with Crippen molar-refractivity contribution >= 4 is 62.6 Å². The summed E-state index contributed by atoms with van der Waals surface area (Å²) in [4.78, 5) is 38.7. The molecule has 2 saturated heterocycles. The molecule has 0 aromatic heterocycles. The first kappa shape index (κ1) is 28.8. The average Bonchev–Trinajstić information content (AvgIpc) is 3.20. The van der Waals surface area contributed by atoms with Crippen molar-refractivity contribution in [1.29, 1.82) is 0 Å². The van der Waals surface area contributed by atoms with Crippen molar-refractivity contribution in [2.45, 2.75) is 4.90 Å². The Morgan fingerprint density at radius 1 is 1.13 bits per heavy atom. The van der Waals surface area contributed by atoms with Crippen LogP contribution in [0.25, 0.3) is 12.2 Å². The van der Waals surface area contributed by atoms with Crippen molar-refractivity contribution in [2.75, 3.05) is 46.5 Å². The molecule has 2 aliphatic rings. The molecule has 0 bridgehead atoms. The molecule has 1 N–H and O–H groups in total. The lowest BCUT2D eigenvalue weighted by Crippen LogP contribution is -2.40. The zero-order chi connectivity index (χ0) is 28.0. The minimum absolute atomic E-state index is 0.000440. The Morgan fingerprint density at radius 2 is 1.82 bits per heavy atom. The van der Waals surface area contributed by atoms with E-state index in [1.165, 1.54) is 35.7 Å². The van der Waals surface area contributed by atoms with E-state index < -0.39 is 27.1 Å². The molecule has 3 amide bonds. The van der Waals surface area contributed by atoms with Gasteiger partial charge in [-0.25, -0.2) is 8.42 Å². The van der Waals surface area contributed by atoms with E-state index in [1.807, 2.05) is 0 Å². The van der Waals surface area contributed by atoms with Crippen LogP contribution in [0.15, 0.2) is 58.3 Å². The number of hydrogen-bond acceptors (Lipinski definition) is 8. The molecule has 13 heteroatoms. The van der Waals surface area contributed by atoms with Crippen LogP contribution in [-0.2, 0) is 24.3 Å². The molecule has 0 spiro atoms. The lowest BCUT2D eigenvalue weighted by molar-refractivity contribution is -0.123. The number of hydrogen-bond donors (Lipinski definition) is 1. The lowest BCUT2D eigenvalue weighted by atomic mass is 10.2. The molecule has 206 valence electrons. The smallest absolute Gasteiger partial charge is 0.293 e. The number of methoxy groups -OCH3 is 1. The number of morpholine rings is 1. The highest BCUT2D eigenvalue weighted by Gasteiger charge is 2.34. The molecule has 4 rings (SSSR count). The zero-order valence-electron chi connectivity index (χ0n) is 21.0. The number of nitrogens with one attached hydrogen (secondary N) is 1. The Balaban J connectivity index is 1.35. The maximum absolute atomic E-state index is 13.1. The van der Waals surface area contributed by atoms with E-state index in [4.69, 9.17) is 21.1 Å². The van der Waals surface area contributed by atoms with Crippen molar-refractivity contribution in [3.63, 3.8) is 0 Å². The van der Waals surface area contributed by atoms with Gasteiger partial charge in [0.25, 0.3) is 11.1 Å². The van der Waals surface area contributed by atoms with Gasteiger partial charge in [0.15, 0.2) is 0 Å². The van der Waals surface area contributed by atoms with Gasteiger partial charge in [0.1, 0.15) is 10.6 Å². The number of benzene rings is 2. The molecule has 10 nitrogen and oxygen atoms in total. The first-order chi connectivity index (χ1) is 18.7. The van der Waals surface area contributed by atoms with E-state index in [0.717, 1.165) is 22.2 Å². The third kappa shape index (κ3) is 7.08. The lowest BCUT2D eigenvalue weighted by Gasteiger charge is -2.26. The summed E-state index contributed by atoms with van der Waals surface area (Å²) in [7, 11) is -2.42. The van der Waals surface area contributed by atoms with E-state index in [9.17, 15) is 22.8 Å². The number of thioether (sulfide) groups is 1. The normalized spacial score (nSPS) is 17.8. The molecule has 0 atom stereocenters. The first-order valence-corrected chi connectivity index (χ1v) is 14.6. The molecule has 0 saturated carbocycles. The number of imide groups is 1. The second kappa shape index (κ2) is 12.8. The van der Waals surface area contributed by atoms with Gasteiger partial charge in [0.2, 0.25) is 15.9 Å². The van der Waals surface area contributed by atoms with Crippen molar-refractivity contribution in [3.05, 3.63) is 69.6 Å². The van der Waals surface area contributed by atoms with Gasteiger partial charge in [-0.3, -0.25) is 19.3 Å². The number of rotatable bonds is 9. The third-order valence-electron chi connectivity index (χ3n) is 5.88. The van der Waals surface area contributed by atoms with Crippen LogP contribution in [0.5, 0.6) is 5.75 Å². The Labute approximate surface area is 235 Å². The fraction of sp³-hybridized carbons (Fsp3) is 0.269. The molecule has 39 heavy (non-hydrogen) atoms. The molecular weight excluding hydrogens is 566 g/mol. The largest absolute Gasteiger partial charge is 0.495 e. The fourth-order valence-electron chi connectivity index (χ4n) is 3.85. The maximum atomic E-state index is 13.1. The predicted octanol–water partition coefficient (Wildman–Crippen LogP) is 3.24. The standard InChI is InChI=1S/C26H26ClN3O7S2/c1-36-21-8-4-19(17-23(21)39(34,35)29-12-14-37-15-13-29)5-9-24(31)28-10-11-30-25(32)22(38-26(30)33)16-18-2-6-20(27)7-3-18/h2-9,16-17H,10-15H2,1H3,(H,28,31)/b9-5+,22-16+. The highest BCUT2D eigenvalue weighted by molar-refractivity contribution is 8.18. The number of amides is 3. The van der Waals surface area contributed by atoms with Crippen LogP contribution in [0.2, 0.25) is 5.02 Å². The average molecular weight is 592 g/mol. The van der Waals surface area contributed by atoms with Crippen LogP contribution in [-0.4, -0.2) is 81.2 Å². The van der Waals surface area contributed by atoms with Gasteiger partial charge in [-0.05, 0) is 59.3 Å². The second-order valence-electron chi connectivity index (χ2n) is 8.44. The topological polar surface area (TPSA) is 122 Å². The van der Waals surface area contributed by atoms with E-state index in [0.29, 0.717) is 23.8 Å². The molecule has 2 heterocycles. The van der Waals surface area contributed by atoms with Gasteiger partial charge in [-0.1, -0.05) is 29.8 Å². The molecular formula is C26H26ClN3O7S2. The summed E-state index contributed by atoms with van der Waals surface area (Å²) < 4.78 is 38.1. The van der Waals surface area contributed by atoms with E-state index >= 15 is 0 Å². The van der Waals surface area contributed by atoms with Crippen LogP contribution in [0.4, 0.5) is 4.79 Å². The molecule has 0 radical (unpaired) electrons. The summed E-state index contributed by atoms with van der Waals surface area (Å²) in [5.41, 5.74) is 1.22. The van der Waals surface area contributed by atoms with Gasteiger partial charge >= 0.3 is 0 Å². The van der Waals surface area contributed by atoms with E-state index in [2.05, 4.69) is 5.32 Å². The van der Waals surface area contributed by atoms with Crippen molar-refractivity contribution in [1.82, 2.24) is 14.5 Å². The second-order valence-corrected chi connectivity index (χ2v) is 11.8. The molecule has 2 aliphatic heterocycles. The molecule has 2 aromatic carbocycles. The maximum Gasteiger partial charge on any atom is 0.293 e. The number of carbonyl (C=O) groups excluding carboxylic acids is 3. The molecule has 2 aromatic rings. The summed E-state index contributed by atoms with van der Waals surface area (Å²) in [6.07, 6.45) is 4.34. The Morgan fingerprint density at radius 3 is 2.51 bits per heavy atom. The van der Waals surface area contributed by atoms with E-state index in [1.54, 1.807) is 36.4 Å². The highest BCUT2D eigenvalue weighted by Crippen LogP contribution is 2.32. The van der Waals surface area contributed by atoms with Crippen LogP contribution in [0.3, 0.4) is 0 Å². The summed E-state index contributed by atoms with van der Waals surface area (Å²) in [5.74, 6) is -0.700. The summed E-state index contributed by atoms with van der Waals surface area (Å²) >= 11 is 6.71. The van der Waals surface area contributed by atoms with E-state index in [-0.39, 0.29) is 41.7 Å². The molecule has 0 aliphatic carbocycles. The Kier molecular flexibility index (Phi) is 9.46. The monoisotopic (exact) mass is 591 g/mol. The van der Waals surface area contributed by atoms with Crippen molar-refractivity contribution < 1.29 is 32.3 Å². The SMILES string of the molecule is COc1ccc(/C=C/C(=O)NCCN2C(=O)S/C(=C/c3ccc(Cl)cc3)C2=O)cc1S(=O)(=O)N1CCOCC1. The minimum atomic E-state index is -3.81. The summed E-state index contributed by atoms with van der Waals surface area (Å²) in [6.45, 7) is 1.17. The summed E-state index contributed by atoms with van der Waals surface area (Å²) in [6, 6.07) is 11.5. The summed E-state index contributed by atoms with van der Waals surface area (Å²) in [5, 5.41) is 2.78. The van der Waals surface area contributed by atoms with Crippen LogP contribution in [0, 0.1) is 0 Å². The first-order valence-electron chi connectivity index (χ1n) is 11.9. The quantitative estimate of drug-likeness (QED) is 0.441. The van der Waals surface area contributed by atoms with Crippen LogP contribution < -0.4 is 10.1 Å². The number of sulfonamides is 1. The fourth-order valence-corrected chi connectivity index (χ4v) is 6.44. The van der Waals surface area contributed by atoms with Gasteiger partial charge in [-0.15, -0.1) is 0 Å². The van der Waals surface area contributed by atoms with Gasteiger partial charge in [-0.2, -0.15) is 4.31 Å². The molecule has 2 fully saturated rings. The Bertz CT molecular complexity index is 1420. The number of halogens is 1. The predicted molar refractivity (Wildman–Crippen MR) is 149 cm³/mol.